The number of nitrogens with zero attached hydrogens (tertiary/aromatic N) is 1. The lowest BCUT2D eigenvalue weighted by molar-refractivity contribution is 0.143. The van der Waals surface area contributed by atoms with Crippen LogP contribution in [0.5, 0.6) is 0 Å². The zero-order chi connectivity index (χ0) is 11.5. The minimum atomic E-state index is 0. The third-order valence-corrected chi connectivity index (χ3v) is 3.35. The third-order valence-electron chi connectivity index (χ3n) is 3.35. The van der Waals surface area contributed by atoms with Crippen LogP contribution in [-0.2, 0) is 12.0 Å². The van der Waals surface area contributed by atoms with Crippen molar-refractivity contribution in [3.63, 3.8) is 0 Å². The molecule has 1 aliphatic rings. The molecule has 0 saturated carbocycles. The van der Waals surface area contributed by atoms with Gasteiger partial charge in [-0.3, -0.25) is 4.90 Å². The van der Waals surface area contributed by atoms with Crippen LogP contribution in [0.4, 0.5) is 0 Å². The van der Waals surface area contributed by atoms with Crippen LogP contribution in [0.3, 0.4) is 0 Å². The van der Waals surface area contributed by atoms with Gasteiger partial charge < -0.3 is 0 Å². The summed E-state index contributed by atoms with van der Waals surface area (Å²) in [6.45, 7) is 5.76. The normalized spacial score (nSPS) is 17.6. The van der Waals surface area contributed by atoms with E-state index in [2.05, 4.69) is 66.0 Å². The first kappa shape index (κ1) is 16.4. The Balaban J connectivity index is 0.000000711. The van der Waals surface area contributed by atoms with Gasteiger partial charge in [0, 0.05) is 12.1 Å². The summed E-state index contributed by atoms with van der Waals surface area (Å²) in [7, 11) is 2.20. The van der Waals surface area contributed by atoms with E-state index in [0.717, 1.165) is 0 Å². The number of hydrogen-bond acceptors (Lipinski definition) is 1. The van der Waals surface area contributed by atoms with E-state index < -0.39 is 0 Å². The molecule has 0 amide bonds. The SMILES string of the molecule is CBr.CN1CCc2ccccc2C1(C)C.[MgH2]. The van der Waals surface area contributed by atoms with E-state index in [1.165, 1.54) is 24.1 Å². The molecule has 0 spiro atoms. The molecule has 3 heteroatoms. The van der Waals surface area contributed by atoms with E-state index in [9.17, 15) is 0 Å². The van der Waals surface area contributed by atoms with E-state index in [-0.39, 0.29) is 28.6 Å². The Bertz CT molecular complexity index is 325. The van der Waals surface area contributed by atoms with Crippen LogP contribution in [0, 0.1) is 0 Å². The van der Waals surface area contributed by atoms with Crippen molar-refractivity contribution in [1.29, 1.82) is 0 Å². The average molecular weight is 297 g/mol. The predicted octanol–water partition coefficient (Wildman–Crippen LogP) is 2.50. The van der Waals surface area contributed by atoms with Crippen LogP contribution in [-0.4, -0.2) is 47.4 Å². The molecular weight excluding hydrogens is 274 g/mol. The molecule has 88 valence electrons. The van der Waals surface area contributed by atoms with Crippen molar-refractivity contribution in [2.24, 2.45) is 0 Å². The van der Waals surface area contributed by atoms with Crippen molar-refractivity contribution in [2.45, 2.75) is 25.8 Å². The van der Waals surface area contributed by atoms with Gasteiger partial charge in [-0.05, 0) is 44.3 Å². The quantitative estimate of drug-likeness (QED) is 0.525. The van der Waals surface area contributed by atoms with Gasteiger partial charge in [0.15, 0.2) is 0 Å². The standard InChI is InChI=1S/C12H17N.CH3Br.Mg.2H/c1-12(2)11-7-5-4-6-10(11)8-9-13(12)3;1-2;;;/h4-7H,8-9H2,1-3H3;1H3;;;. The number of likely N-dealkylation sites (N-methyl/N-ethyl adjacent to an activating group) is 1. The number of rotatable bonds is 0. The summed E-state index contributed by atoms with van der Waals surface area (Å²) in [4.78, 5) is 2.43. The Morgan fingerprint density at radius 3 is 2.38 bits per heavy atom. The average Bonchev–Trinajstić information content (AvgIpc) is 2.27. The van der Waals surface area contributed by atoms with E-state index in [1.807, 2.05) is 5.83 Å². The van der Waals surface area contributed by atoms with Crippen molar-refractivity contribution >= 4 is 39.0 Å². The first-order valence-electron chi connectivity index (χ1n) is 5.30. The lowest BCUT2D eigenvalue weighted by atomic mass is 9.84. The van der Waals surface area contributed by atoms with Crippen LogP contribution in [0.2, 0.25) is 0 Å². The largest absolute Gasteiger partial charge is 0.316 e. The second-order valence-corrected chi connectivity index (χ2v) is 4.39. The Kier molecular flexibility index (Phi) is 7.18. The molecule has 1 aliphatic heterocycles. The van der Waals surface area contributed by atoms with Crippen LogP contribution in [0.1, 0.15) is 25.0 Å². The smallest absolute Gasteiger partial charge is 0.297 e. The monoisotopic (exact) mass is 295 g/mol. The van der Waals surface area contributed by atoms with Crippen molar-refractivity contribution in [1.82, 2.24) is 4.90 Å². The number of hydrogen-bond donors (Lipinski definition) is 0. The van der Waals surface area contributed by atoms with Crippen LogP contribution >= 0.6 is 15.9 Å². The third kappa shape index (κ3) is 3.22. The summed E-state index contributed by atoms with van der Waals surface area (Å²) in [5.41, 5.74) is 3.21. The van der Waals surface area contributed by atoms with Crippen molar-refractivity contribution in [2.75, 3.05) is 19.4 Å². The second-order valence-electron chi connectivity index (χ2n) is 4.39. The van der Waals surface area contributed by atoms with Crippen LogP contribution in [0.15, 0.2) is 24.3 Å². The van der Waals surface area contributed by atoms with Gasteiger partial charge in [0.05, 0.1) is 0 Å². The van der Waals surface area contributed by atoms with Crippen LogP contribution < -0.4 is 0 Å². The Morgan fingerprint density at radius 2 is 1.75 bits per heavy atom. The molecule has 1 aromatic carbocycles. The molecule has 2 rings (SSSR count). The van der Waals surface area contributed by atoms with Gasteiger partial charge >= 0.3 is 23.1 Å². The summed E-state index contributed by atoms with van der Waals surface area (Å²) in [5.74, 6) is 1.81. The zero-order valence-corrected chi connectivity index (χ0v) is 11.6. The number of benzene rings is 1. The maximum Gasteiger partial charge on any atom is 0.316 e. The Labute approximate surface area is 124 Å². The minimum Gasteiger partial charge on any atom is -0.297 e. The van der Waals surface area contributed by atoms with E-state index in [4.69, 9.17) is 0 Å². The first-order valence-corrected chi connectivity index (χ1v) is 6.88. The number of fused-ring (bicyclic) bond motifs is 1. The maximum absolute atomic E-state index is 2.94. The molecular formula is C13H22BrMgN. The minimum absolute atomic E-state index is 0. The van der Waals surface area contributed by atoms with Gasteiger partial charge in [-0.15, -0.1) is 0 Å². The lowest BCUT2D eigenvalue weighted by Gasteiger charge is -2.41. The summed E-state index contributed by atoms with van der Waals surface area (Å²) >= 11 is 2.94. The lowest BCUT2D eigenvalue weighted by Crippen LogP contribution is -2.43. The molecule has 0 bridgehead atoms. The molecule has 0 fully saturated rings. The van der Waals surface area contributed by atoms with Gasteiger partial charge in [0.25, 0.3) is 0 Å². The molecule has 1 heterocycles. The van der Waals surface area contributed by atoms with E-state index in [0.29, 0.717) is 0 Å². The maximum atomic E-state index is 2.94. The van der Waals surface area contributed by atoms with Gasteiger partial charge in [0.2, 0.25) is 0 Å². The predicted molar refractivity (Wildman–Crippen MR) is 79.2 cm³/mol. The van der Waals surface area contributed by atoms with E-state index >= 15 is 0 Å². The molecule has 1 nitrogen and oxygen atoms in total. The van der Waals surface area contributed by atoms with Crippen LogP contribution in [0.25, 0.3) is 0 Å². The van der Waals surface area contributed by atoms with Gasteiger partial charge in [-0.1, -0.05) is 40.2 Å². The van der Waals surface area contributed by atoms with Gasteiger partial charge in [-0.2, -0.15) is 0 Å². The van der Waals surface area contributed by atoms with Crippen molar-refractivity contribution in [3.05, 3.63) is 35.4 Å². The highest BCUT2D eigenvalue weighted by Gasteiger charge is 2.31. The fraction of sp³-hybridized carbons (Fsp3) is 0.538. The van der Waals surface area contributed by atoms with Gasteiger partial charge in [-0.25, -0.2) is 0 Å². The molecule has 0 aliphatic carbocycles. The summed E-state index contributed by atoms with van der Waals surface area (Å²) in [6, 6.07) is 8.79. The first-order chi connectivity index (χ1) is 7.12. The molecule has 0 atom stereocenters. The van der Waals surface area contributed by atoms with Crippen molar-refractivity contribution < 1.29 is 0 Å². The highest BCUT2D eigenvalue weighted by atomic mass is 79.9. The Morgan fingerprint density at radius 1 is 1.19 bits per heavy atom. The number of alkyl halides is 1. The molecule has 0 saturated heterocycles. The van der Waals surface area contributed by atoms with E-state index in [1.54, 1.807) is 0 Å². The summed E-state index contributed by atoms with van der Waals surface area (Å²) < 4.78 is 0. The zero-order valence-electron chi connectivity index (χ0n) is 10.0. The number of halogens is 1. The fourth-order valence-electron chi connectivity index (χ4n) is 2.11. The highest BCUT2D eigenvalue weighted by Crippen LogP contribution is 2.33. The Hall–Kier alpha value is 0.426. The molecule has 16 heavy (non-hydrogen) atoms. The second kappa shape index (κ2) is 6.99. The highest BCUT2D eigenvalue weighted by molar-refractivity contribution is 9.08. The molecule has 1 aromatic rings. The summed E-state index contributed by atoms with van der Waals surface area (Å²) in [5, 5.41) is 0. The molecule has 0 N–H and O–H groups in total. The fourth-order valence-corrected chi connectivity index (χ4v) is 2.11. The van der Waals surface area contributed by atoms with Crippen molar-refractivity contribution in [3.8, 4) is 0 Å². The molecule has 0 unspecified atom stereocenters. The molecule has 0 radical (unpaired) electrons. The van der Waals surface area contributed by atoms with Gasteiger partial charge in [0.1, 0.15) is 0 Å². The molecule has 0 aromatic heterocycles. The topological polar surface area (TPSA) is 3.24 Å². The summed E-state index contributed by atoms with van der Waals surface area (Å²) in [6.07, 6.45) is 1.19.